The maximum atomic E-state index is 12.9. The number of ether oxygens (including phenoxy) is 3. The van der Waals surface area contributed by atoms with Gasteiger partial charge < -0.3 is 24.2 Å². The Morgan fingerprint density at radius 3 is 1.18 bits per heavy atom. The summed E-state index contributed by atoms with van der Waals surface area (Å²) < 4.78 is 39.3. The van der Waals surface area contributed by atoms with Gasteiger partial charge in [0.05, 0.1) is 19.8 Å². The van der Waals surface area contributed by atoms with Gasteiger partial charge in [0.2, 0.25) is 0 Å². The van der Waals surface area contributed by atoms with Crippen LogP contribution in [-0.2, 0) is 42.2 Å². The van der Waals surface area contributed by atoms with Crippen LogP contribution in [0.3, 0.4) is 0 Å². The number of hydrogen-bond acceptors (Lipinski definition) is 10. The average molecular weight is 1020 g/mol. The van der Waals surface area contributed by atoms with Gasteiger partial charge in [-0.1, -0.05) is 187 Å². The van der Waals surface area contributed by atoms with Crippen LogP contribution >= 0.6 is 7.82 Å². The first-order valence-corrected chi connectivity index (χ1v) is 28.6. The van der Waals surface area contributed by atoms with Crippen LogP contribution in [0.2, 0.25) is 0 Å². The lowest BCUT2D eigenvalue weighted by Crippen LogP contribution is -2.30. The lowest BCUT2D eigenvalue weighted by atomic mass is 10.1. The summed E-state index contributed by atoms with van der Waals surface area (Å²) in [7, 11) is -4.78. The maximum absolute atomic E-state index is 12.9. The van der Waals surface area contributed by atoms with Gasteiger partial charge in [-0.05, 0) is 116 Å². The second-order valence-electron chi connectivity index (χ2n) is 17.3. The van der Waals surface area contributed by atoms with E-state index < -0.39 is 64.4 Å². The molecular formula is C60H95O11P. The van der Waals surface area contributed by atoms with Gasteiger partial charge in [0.15, 0.2) is 6.10 Å². The number of esters is 3. The molecular weight excluding hydrogens is 928 g/mol. The molecule has 11 nitrogen and oxygen atoms in total. The van der Waals surface area contributed by atoms with Crippen molar-refractivity contribution in [2.45, 2.75) is 200 Å². The van der Waals surface area contributed by atoms with Crippen LogP contribution in [0.25, 0.3) is 0 Å². The highest BCUT2D eigenvalue weighted by atomic mass is 31.2. The highest BCUT2D eigenvalue weighted by molar-refractivity contribution is 7.47. The summed E-state index contributed by atoms with van der Waals surface area (Å²) in [5.41, 5.74) is 0. The predicted molar refractivity (Wildman–Crippen MR) is 297 cm³/mol. The molecule has 2 N–H and O–H groups in total. The average Bonchev–Trinajstić information content (AvgIpc) is 3.37. The molecule has 72 heavy (non-hydrogen) atoms. The molecule has 406 valence electrons. The summed E-state index contributed by atoms with van der Waals surface area (Å²) in [6.07, 6.45) is 65.8. The smallest absolute Gasteiger partial charge is 0.462 e. The van der Waals surface area contributed by atoms with Crippen molar-refractivity contribution in [3.63, 3.8) is 0 Å². The van der Waals surface area contributed by atoms with Crippen molar-refractivity contribution in [3.05, 3.63) is 134 Å². The zero-order valence-corrected chi connectivity index (χ0v) is 45.5. The summed E-state index contributed by atoms with van der Waals surface area (Å²) in [5.74, 6) is -1.64. The van der Waals surface area contributed by atoms with E-state index in [0.29, 0.717) is 19.3 Å². The van der Waals surface area contributed by atoms with Crippen molar-refractivity contribution in [1.29, 1.82) is 0 Å². The SMILES string of the molecule is CC/C=C\C/C=C\C/C=C\C/C=C\C/C=C\CCCCCC(=O)OC(COC(=O)CC/C=C\C/C=C\C/C=C\C/C=C\CC)COP(=O)(O)OCC(CO)OC(=O)CCCCCCC/C=C\C/C=C\CCC. The molecule has 0 radical (unpaired) electrons. The zero-order valence-electron chi connectivity index (χ0n) is 44.6. The van der Waals surface area contributed by atoms with E-state index >= 15 is 0 Å². The first kappa shape index (κ1) is 67.6. The van der Waals surface area contributed by atoms with Crippen LogP contribution in [-0.4, -0.2) is 66.5 Å². The van der Waals surface area contributed by atoms with Gasteiger partial charge in [-0.25, -0.2) is 4.57 Å². The molecule has 0 rings (SSSR count). The van der Waals surface area contributed by atoms with Crippen LogP contribution in [0.15, 0.2) is 134 Å². The predicted octanol–water partition coefficient (Wildman–Crippen LogP) is 15.8. The molecule has 0 aliphatic rings. The van der Waals surface area contributed by atoms with Crippen LogP contribution in [0.5, 0.6) is 0 Å². The van der Waals surface area contributed by atoms with E-state index in [2.05, 4.69) is 142 Å². The fourth-order valence-electron chi connectivity index (χ4n) is 6.49. The number of carbonyl (C=O) groups excluding carboxylic acids is 3. The van der Waals surface area contributed by atoms with Crippen LogP contribution in [0.1, 0.15) is 188 Å². The summed E-state index contributed by atoms with van der Waals surface area (Å²) >= 11 is 0. The van der Waals surface area contributed by atoms with Gasteiger partial charge in [0.25, 0.3) is 0 Å². The third-order valence-electron chi connectivity index (χ3n) is 10.5. The summed E-state index contributed by atoms with van der Waals surface area (Å²) in [4.78, 5) is 48.4. The van der Waals surface area contributed by atoms with E-state index in [-0.39, 0.29) is 19.3 Å². The molecule has 0 aromatic rings. The molecule has 3 atom stereocenters. The monoisotopic (exact) mass is 1020 g/mol. The molecule has 0 saturated heterocycles. The van der Waals surface area contributed by atoms with Crippen molar-refractivity contribution < 1.29 is 52.2 Å². The lowest BCUT2D eigenvalue weighted by molar-refractivity contribution is -0.161. The number of phosphoric acid groups is 1. The number of unbranched alkanes of at least 4 members (excludes halogenated alkanes) is 9. The van der Waals surface area contributed by atoms with Crippen LogP contribution < -0.4 is 0 Å². The van der Waals surface area contributed by atoms with Gasteiger partial charge in [-0.3, -0.25) is 23.4 Å². The molecule has 3 unspecified atom stereocenters. The second kappa shape index (κ2) is 52.9. The Morgan fingerprint density at radius 1 is 0.403 bits per heavy atom. The number of phosphoric ester groups is 1. The minimum Gasteiger partial charge on any atom is -0.462 e. The zero-order chi connectivity index (χ0) is 52.7. The first-order chi connectivity index (χ1) is 35.2. The van der Waals surface area contributed by atoms with E-state index in [1.165, 1.54) is 0 Å². The number of aliphatic hydroxyl groups is 1. The number of hydrogen-bond donors (Lipinski definition) is 2. The van der Waals surface area contributed by atoms with Gasteiger partial charge in [-0.15, -0.1) is 0 Å². The van der Waals surface area contributed by atoms with Crippen molar-refractivity contribution in [2.24, 2.45) is 0 Å². The summed E-state index contributed by atoms with van der Waals surface area (Å²) in [6.45, 7) is 4.17. The normalized spacial score (nSPS) is 14.5. The Kier molecular flexibility index (Phi) is 49.7. The van der Waals surface area contributed by atoms with E-state index in [1.807, 2.05) is 12.2 Å². The van der Waals surface area contributed by atoms with E-state index in [4.69, 9.17) is 23.3 Å². The van der Waals surface area contributed by atoms with Gasteiger partial charge >= 0.3 is 25.7 Å². The van der Waals surface area contributed by atoms with Crippen molar-refractivity contribution in [3.8, 4) is 0 Å². The Morgan fingerprint density at radius 2 is 0.750 bits per heavy atom. The Hall–Kier alpha value is -4.38. The maximum Gasteiger partial charge on any atom is 0.472 e. The van der Waals surface area contributed by atoms with Crippen molar-refractivity contribution in [1.82, 2.24) is 0 Å². The Balaban J connectivity index is 4.90. The van der Waals surface area contributed by atoms with Crippen molar-refractivity contribution >= 4 is 25.7 Å². The van der Waals surface area contributed by atoms with Gasteiger partial charge in [-0.2, -0.15) is 0 Å². The topological polar surface area (TPSA) is 155 Å². The highest BCUT2D eigenvalue weighted by Crippen LogP contribution is 2.43. The van der Waals surface area contributed by atoms with Crippen LogP contribution in [0, 0.1) is 0 Å². The van der Waals surface area contributed by atoms with Crippen molar-refractivity contribution in [2.75, 3.05) is 26.4 Å². The molecule has 0 amide bonds. The molecule has 0 bridgehead atoms. The van der Waals surface area contributed by atoms with E-state index in [1.54, 1.807) is 0 Å². The lowest BCUT2D eigenvalue weighted by Gasteiger charge is -2.21. The number of rotatable bonds is 48. The molecule has 0 spiro atoms. The fraction of sp³-hybridized carbons (Fsp3) is 0.583. The molecule has 0 aromatic heterocycles. The Labute approximate surface area is 436 Å². The minimum atomic E-state index is -4.78. The number of allylic oxidation sites excluding steroid dienone is 22. The molecule has 0 fully saturated rings. The van der Waals surface area contributed by atoms with Gasteiger partial charge in [0.1, 0.15) is 12.7 Å². The molecule has 0 aliphatic carbocycles. The number of aliphatic hydroxyl groups excluding tert-OH is 1. The van der Waals surface area contributed by atoms with Gasteiger partial charge in [0, 0.05) is 19.3 Å². The summed E-state index contributed by atoms with van der Waals surface area (Å²) in [6, 6.07) is 0. The third kappa shape index (κ3) is 50.6. The first-order valence-electron chi connectivity index (χ1n) is 27.1. The largest absolute Gasteiger partial charge is 0.472 e. The molecule has 0 aromatic carbocycles. The molecule has 0 saturated carbocycles. The minimum absolute atomic E-state index is 0.0893. The standard InChI is InChI=1S/C60H95O11P/c1-4-7-10-13-16-19-22-25-26-27-28-29-30-33-36-39-42-45-48-51-60(64)71-57(53-67-58(62)49-46-43-40-37-34-31-23-20-17-14-11-8-5-2)55-69-72(65,66)68-54-56(52-61)70-59(63)50-47-44-41-38-35-32-24-21-18-15-12-9-6-3/h7-8,10-12,15-17,19-21,24-26,28-29,31,33-34,36,40,43,56-57,61H,4-6,9,13-14,18,22-23,27,30,32,35,37-39,41-42,44-55H2,1-3H3,(H,65,66)/b10-7-,11-8-,15-12-,19-16-,20-17-,24-21-,26-25-,29-28-,34-31-,36-33-,43-40-. The second-order valence-corrected chi connectivity index (χ2v) is 18.7. The van der Waals surface area contributed by atoms with E-state index in [0.717, 1.165) is 128 Å². The highest BCUT2D eigenvalue weighted by Gasteiger charge is 2.28. The number of carbonyl (C=O) groups is 3. The molecule has 0 heterocycles. The summed E-state index contributed by atoms with van der Waals surface area (Å²) in [5, 5.41) is 9.79. The van der Waals surface area contributed by atoms with Crippen LogP contribution in [0.4, 0.5) is 0 Å². The Bertz CT molecular complexity index is 1710. The molecule has 0 aliphatic heterocycles. The van der Waals surface area contributed by atoms with E-state index in [9.17, 15) is 28.9 Å². The quantitative estimate of drug-likeness (QED) is 0.0197. The third-order valence-corrected chi connectivity index (χ3v) is 11.5. The molecule has 12 heteroatoms. The fourth-order valence-corrected chi connectivity index (χ4v) is 7.27.